The number of nitrogens with zero attached hydrogens (tertiary/aromatic N) is 3. The molecule has 2 rings (SSSR count). The Kier molecular flexibility index (Phi) is 10.3. The monoisotopic (exact) mass is 402 g/mol. The zero-order valence-corrected chi connectivity index (χ0v) is 12.9. The fraction of sp³-hybridized carbons (Fsp3) is 0.583. The summed E-state index contributed by atoms with van der Waals surface area (Å²) in [5, 5.41) is 4.60. The molecule has 0 spiro atoms. The van der Waals surface area contributed by atoms with Crippen molar-refractivity contribution >= 4 is 0 Å². The third-order valence-electron chi connectivity index (χ3n) is 2.58. The van der Waals surface area contributed by atoms with Crippen LogP contribution in [0.1, 0.15) is 19.3 Å². The van der Waals surface area contributed by atoms with Gasteiger partial charge in [-0.25, -0.2) is 0 Å². The first-order valence-electron chi connectivity index (χ1n) is 5.02. The average molecular weight is 402 g/mol. The molecule has 3 nitrogen and oxygen atoms in total. The molecule has 2 aliphatic rings. The molecule has 1 radical (unpaired) electrons. The smallest absolute Gasteiger partial charge is 0 e. The minimum absolute atomic E-state index is 0. The van der Waals surface area contributed by atoms with Crippen molar-refractivity contribution in [2.75, 3.05) is 20.1 Å². The summed E-state index contributed by atoms with van der Waals surface area (Å²) in [7, 11) is 2.05. The molecule has 4 heteroatoms. The maximum atomic E-state index is 4.60. The van der Waals surface area contributed by atoms with Gasteiger partial charge in [-0.3, -0.25) is 0 Å². The maximum Gasteiger partial charge on any atom is 0 e. The molecule has 0 aromatic heterocycles. The van der Waals surface area contributed by atoms with Crippen molar-refractivity contribution in [1.82, 2.24) is 9.80 Å². The van der Waals surface area contributed by atoms with Crippen LogP contribution in [0.15, 0.2) is 12.4 Å². The number of rotatable bonds is 2. The van der Waals surface area contributed by atoms with Crippen molar-refractivity contribution in [2.24, 2.45) is 0 Å². The summed E-state index contributed by atoms with van der Waals surface area (Å²) in [4.78, 5) is 4.29. The predicted molar refractivity (Wildman–Crippen MR) is 66.6 cm³/mol. The van der Waals surface area contributed by atoms with E-state index in [1.165, 1.54) is 19.3 Å². The Hall–Kier alpha value is -0.0506. The van der Waals surface area contributed by atoms with Crippen LogP contribution in [0.2, 0.25) is 0 Å². The van der Waals surface area contributed by atoms with Gasteiger partial charge in [0.15, 0.2) is 0 Å². The van der Waals surface area contributed by atoms with Crippen molar-refractivity contribution in [3.8, 4) is 0 Å². The van der Waals surface area contributed by atoms with Crippen molar-refractivity contribution in [3.05, 3.63) is 39.2 Å². The number of hydrogen-bond acceptors (Lipinski definition) is 2. The normalized spacial score (nSPS) is 23.2. The number of piperidine rings is 1. The van der Waals surface area contributed by atoms with Crippen molar-refractivity contribution in [3.63, 3.8) is 0 Å². The summed E-state index contributed by atoms with van der Waals surface area (Å²) in [6.45, 7) is 4.24. The molecular weight excluding hydrogens is 378 g/mol. The van der Waals surface area contributed by atoms with Gasteiger partial charge in [-0.15, -0.1) is 12.6 Å². The van der Waals surface area contributed by atoms with Crippen LogP contribution in [-0.4, -0.2) is 36.0 Å². The third-order valence-corrected chi connectivity index (χ3v) is 2.58. The molecule has 1 atom stereocenters. The second-order valence-electron chi connectivity index (χ2n) is 3.83. The largest absolute Gasteiger partial charge is 0.658 e. The van der Waals surface area contributed by atoms with Crippen LogP contribution in [-0.2, 0) is 20.1 Å². The van der Waals surface area contributed by atoms with Gasteiger partial charge in [0, 0.05) is 20.1 Å². The molecule has 1 fully saturated rings. The second-order valence-corrected chi connectivity index (χ2v) is 3.83. The molecule has 0 bridgehead atoms. The minimum atomic E-state index is 0. The zero-order chi connectivity index (χ0) is 9.10. The van der Waals surface area contributed by atoms with Crippen LogP contribution in [0.25, 0.3) is 5.32 Å². The fourth-order valence-corrected chi connectivity index (χ4v) is 1.86. The molecule has 0 saturated carbocycles. The Morgan fingerprint density at radius 3 is 2.56 bits per heavy atom. The third kappa shape index (κ3) is 5.33. The average Bonchev–Trinajstić information content (AvgIpc) is 2.53. The van der Waals surface area contributed by atoms with Gasteiger partial charge in [-0.2, -0.15) is 6.67 Å². The van der Waals surface area contributed by atoms with E-state index in [4.69, 9.17) is 0 Å². The SMILES string of the molecule is CN1C=CN(CC2CCCC[N-]2)[CH-]1.[CH3-].[CH3-].[Ir]. The summed E-state index contributed by atoms with van der Waals surface area (Å²) in [6, 6.07) is 0.557. The molecular formula is C12H23IrN3-4. The molecule has 0 N–H and O–H groups in total. The van der Waals surface area contributed by atoms with E-state index in [9.17, 15) is 0 Å². The standard InChI is InChI=1S/C10H17N3.2CH3.Ir/c1-12-6-7-13(9-12)8-10-4-2-3-5-11-10;;;/h6-7,9-10H,2-5,8H2,1H3;2*1H3;/q-2;2*-1;. The molecule has 0 aliphatic carbocycles. The van der Waals surface area contributed by atoms with Gasteiger partial charge in [-0.05, 0) is 26.0 Å². The van der Waals surface area contributed by atoms with E-state index in [0.29, 0.717) is 6.04 Å². The van der Waals surface area contributed by atoms with E-state index in [2.05, 4.69) is 41.2 Å². The molecule has 0 aromatic rings. The number of hydrogen-bond donors (Lipinski definition) is 0. The Morgan fingerprint density at radius 1 is 1.31 bits per heavy atom. The van der Waals surface area contributed by atoms with Gasteiger partial charge in [0.25, 0.3) is 0 Å². The van der Waals surface area contributed by atoms with E-state index >= 15 is 0 Å². The van der Waals surface area contributed by atoms with Crippen LogP contribution in [0, 0.1) is 21.5 Å². The van der Waals surface area contributed by atoms with Crippen LogP contribution >= 0.6 is 0 Å². The van der Waals surface area contributed by atoms with Crippen LogP contribution in [0.4, 0.5) is 0 Å². The molecule has 2 heterocycles. The van der Waals surface area contributed by atoms with Crippen molar-refractivity contribution in [2.45, 2.75) is 25.3 Å². The van der Waals surface area contributed by atoms with Crippen molar-refractivity contribution in [1.29, 1.82) is 0 Å². The fourth-order valence-electron chi connectivity index (χ4n) is 1.86. The first-order chi connectivity index (χ1) is 6.34. The summed E-state index contributed by atoms with van der Waals surface area (Å²) in [6.07, 6.45) is 8.09. The Bertz CT molecular complexity index is 191. The van der Waals surface area contributed by atoms with E-state index in [0.717, 1.165) is 13.1 Å². The Morgan fingerprint density at radius 2 is 2.06 bits per heavy atom. The molecule has 0 aromatic carbocycles. The molecule has 0 amide bonds. The summed E-state index contributed by atoms with van der Waals surface area (Å²) in [5.41, 5.74) is 0. The van der Waals surface area contributed by atoms with Crippen LogP contribution < -0.4 is 0 Å². The first-order valence-corrected chi connectivity index (χ1v) is 5.02. The summed E-state index contributed by atoms with van der Waals surface area (Å²) in [5.74, 6) is 0. The van der Waals surface area contributed by atoms with E-state index < -0.39 is 0 Å². The summed E-state index contributed by atoms with van der Waals surface area (Å²) < 4.78 is 0. The first kappa shape index (κ1) is 18.3. The second kappa shape index (κ2) is 9.03. The maximum absolute atomic E-state index is 4.60. The molecule has 16 heavy (non-hydrogen) atoms. The molecule has 99 valence electrons. The predicted octanol–water partition coefficient (Wildman–Crippen LogP) is 2.65. The summed E-state index contributed by atoms with van der Waals surface area (Å²) >= 11 is 0. The van der Waals surface area contributed by atoms with Gasteiger partial charge >= 0.3 is 0 Å². The van der Waals surface area contributed by atoms with E-state index in [-0.39, 0.29) is 35.0 Å². The minimum Gasteiger partial charge on any atom is -0.658 e. The van der Waals surface area contributed by atoms with E-state index in [1.807, 2.05) is 0 Å². The van der Waals surface area contributed by atoms with Crippen LogP contribution in [0.3, 0.4) is 0 Å². The molecule has 1 unspecified atom stereocenters. The quantitative estimate of drug-likeness (QED) is 0.663. The topological polar surface area (TPSA) is 20.6 Å². The van der Waals surface area contributed by atoms with Gasteiger partial charge in [-0.1, -0.05) is 19.3 Å². The van der Waals surface area contributed by atoms with Gasteiger partial charge < -0.3 is 30.0 Å². The Balaban J connectivity index is 0. The molecule has 1 saturated heterocycles. The Labute approximate surface area is 115 Å². The van der Waals surface area contributed by atoms with Gasteiger partial charge in [0.1, 0.15) is 0 Å². The molecule has 2 aliphatic heterocycles. The zero-order valence-electron chi connectivity index (χ0n) is 10.5. The van der Waals surface area contributed by atoms with Gasteiger partial charge in [0.05, 0.1) is 0 Å². The van der Waals surface area contributed by atoms with E-state index in [1.54, 1.807) is 0 Å². The van der Waals surface area contributed by atoms with Gasteiger partial charge in [0.2, 0.25) is 0 Å². The van der Waals surface area contributed by atoms with Crippen LogP contribution in [0.5, 0.6) is 0 Å². The van der Waals surface area contributed by atoms with Crippen molar-refractivity contribution < 1.29 is 20.1 Å².